The Labute approximate surface area is 112 Å². The molecule has 0 saturated heterocycles. The average molecular weight is 274 g/mol. The van der Waals surface area contributed by atoms with Gasteiger partial charge in [0.05, 0.1) is 6.54 Å². The molecule has 0 saturated carbocycles. The first-order valence-electron chi connectivity index (χ1n) is 5.75. The predicted octanol–water partition coefficient (Wildman–Crippen LogP) is 0.731. The molecule has 20 heavy (non-hydrogen) atoms. The summed E-state index contributed by atoms with van der Waals surface area (Å²) < 4.78 is 6.64. The number of tetrazole rings is 1. The lowest BCUT2D eigenvalue weighted by atomic mass is 10.2. The second-order valence-electron chi connectivity index (χ2n) is 4.09. The largest absolute Gasteiger partial charge is 0.478 e. The zero-order chi connectivity index (χ0) is 14.1. The average Bonchev–Trinajstić information content (AvgIpc) is 3.01. The number of anilines is 1. The molecule has 0 radical (unpaired) electrons. The number of nitrogens with zero attached hydrogens (tertiary/aromatic N) is 5. The Morgan fingerprint density at radius 2 is 2.35 bits per heavy atom. The highest BCUT2D eigenvalue weighted by atomic mass is 16.4. The molecule has 9 nitrogen and oxygen atoms in total. The fourth-order valence-electron chi connectivity index (χ4n) is 1.76. The quantitative estimate of drug-likeness (QED) is 0.714. The second kappa shape index (κ2) is 4.61. The third kappa shape index (κ3) is 2.16. The first-order chi connectivity index (χ1) is 9.63. The molecule has 3 aromatic heterocycles. The van der Waals surface area contributed by atoms with Crippen molar-refractivity contribution in [2.24, 2.45) is 0 Å². The lowest BCUT2D eigenvalue weighted by Gasteiger charge is -2.02. The van der Waals surface area contributed by atoms with Crippen LogP contribution in [0.25, 0.3) is 5.65 Å². The Kier molecular flexibility index (Phi) is 2.78. The standard InChI is InChI=1S/C11H10N6O3/c1-6-8(11(18)19)4-7(20-6)5-12-9-2-3-10-13-15-16-17(10)14-9/h2-4H,5H2,1H3,(H,12,14)(H,18,19). The normalized spacial score (nSPS) is 10.8. The number of hydrogen-bond donors (Lipinski definition) is 2. The minimum absolute atomic E-state index is 0.158. The molecule has 9 heteroatoms. The number of aromatic carboxylic acids is 1. The Balaban J connectivity index is 1.75. The number of furan rings is 1. The molecule has 0 aromatic carbocycles. The number of fused-ring (bicyclic) bond motifs is 1. The number of carboxylic acids is 1. The molecule has 3 heterocycles. The summed E-state index contributed by atoms with van der Waals surface area (Å²) in [5.41, 5.74) is 0.697. The van der Waals surface area contributed by atoms with E-state index in [4.69, 9.17) is 9.52 Å². The summed E-state index contributed by atoms with van der Waals surface area (Å²) in [5, 5.41) is 27.0. The highest BCUT2D eigenvalue weighted by molar-refractivity contribution is 5.88. The topological polar surface area (TPSA) is 118 Å². The molecule has 0 spiro atoms. The van der Waals surface area contributed by atoms with Gasteiger partial charge in [-0.3, -0.25) is 0 Å². The van der Waals surface area contributed by atoms with Crippen molar-refractivity contribution in [2.75, 3.05) is 5.32 Å². The van der Waals surface area contributed by atoms with E-state index < -0.39 is 5.97 Å². The molecule has 3 aromatic rings. The van der Waals surface area contributed by atoms with E-state index in [0.717, 1.165) is 0 Å². The van der Waals surface area contributed by atoms with Crippen LogP contribution in [0.3, 0.4) is 0 Å². The number of rotatable bonds is 4. The fraction of sp³-hybridized carbons (Fsp3) is 0.182. The molecule has 0 fully saturated rings. The summed E-state index contributed by atoms with van der Waals surface area (Å²) in [4.78, 5) is 10.9. The Morgan fingerprint density at radius 1 is 1.50 bits per heavy atom. The number of aromatic nitrogens is 5. The van der Waals surface area contributed by atoms with Crippen LogP contribution in [0, 0.1) is 6.92 Å². The molecule has 0 aliphatic rings. The van der Waals surface area contributed by atoms with E-state index >= 15 is 0 Å². The summed E-state index contributed by atoms with van der Waals surface area (Å²) in [6, 6.07) is 4.92. The molecule has 0 unspecified atom stereocenters. The van der Waals surface area contributed by atoms with E-state index in [-0.39, 0.29) is 5.56 Å². The lowest BCUT2D eigenvalue weighted by Crippen LogP contribution is -2.04. The summed E-state index contributed by atoms with van der Waals surface area (Å²) >= 11 is 0. The molecule has 3 rings (SSSR count). The Hall–Kier alpha value is -2.97. The Morgan fingerprint density at radius 3 is 3.10 bits per heavy atom. The van der Waals surface area contributed by atoms with Crippen LogP contribution in [0.15, 0.2) is 22.6 Å². The van der Waals surface area contributed by atoms with Crippen molar-refractivity contribution < 1.29 is 14.3 Å². The van der Waals surface area contributed by atoms with Crippen LogP contribution >= 0.6 is 0 Å². The molecule has 0 aliphatic carbocycles. The number of carboxylic acid groups (broad SMARTS) is 1. The van der Waals surface area contributed by atoms with Gasteiger partial charge in [0.1, 0.15) is 22.9 Å². The first-order valence-corrected chi connectivity index (χ1v) is 5.75. The molecular weight excluding hydrogens is 264 g/mol. The molecule has 0 bridgehead atoms. The van der Waals surface area contributed by atoms with E-state index in [1.54, 1.807) is 19.1 Å². The summed E-state index contributed by atoms with van der Waals surface area (Å²) in [6.07, 6.45) is 0. The van der Waals surface area contributed by atoms with Gasteiger partial charge in [0.15, 0.2) is 5.65 Å². The van der Waals surface area contributed by atoms with Crippen LogP contribution in [-0.2, 0) is 6.54 Å². The van der Waals surface area contributed by atoms with Gasteiger partial charge in [0.2, 0.25) is 0 Å². The van der Waals surface area contributed by atoms with Crippen LogP contribution in [0.2, 0.25) is 0 Å². The number of nitrogens with one attached hydrogen (secondary N) is 1. The number of aryl methyl sites for hydroxylation is 1. The number of hydrogen-bond acceptors (Lipinski definition) is 7. The van der Waals surface area contributed by atoms with E-state index in [0.29, 0.717) is 29.5 Å². The van der Waals surface area contributed by atoms with E-state index in [2.05, 4.69) is 25.9 Å². The van der Waals surface area contributed by atoms with Gasteiger partial charge in [-0.25, -0.2) is 4.79 Å². The van der Waals surface area contributed by atoms with Gasteiger partial charge < -0.3 is 14.8 Å². The molecule has 2 N–H and O–H groups in total. The predicted molar refractivity (Wildman–Crippen MR) is 66.3 cm³/mol. The van der Waals surface area contributed by atoms with E-state index in [1.165, 1.54) is 10.7 Å². The maximum atomic E-state index is 10.9. The van der Waals surface area contributed by atoms with Crippen molar-refractivity contribution in [3.05, 3.63) is 35.3 Å². The van der Waals surface area contributed by atoms with Crippen molar-refractivity contribution in [3.63, 3.8) is 0 Å². The molecule has 0 atom stereocenters. The minimum atomic E-state index is -1.01. The van der Waals surface area contributed by atoms with Crippen LogP contribution in [0.1, 0.15) is 21.9 Å². The highest BCUT2D eigenvalue weighted by Crippen LogP contribution is 2.15. The van der Waals surface area contributed by atoms with Crippen LogP contribution in [0.5, 0.6) is 0 Å². The monoisotopic (exact) mass is 274 g/mol. The number of carbonyl (C=O) groups is 1. The van der Waals surface area contributed by atoms with Gasteiger partial charge in [0.25, 0.3) is 0 Å². The molecule has 0 aliphatic heterocycles. The van der Waals surface area contributed by atoms with Gasteiger partial charge in [-0.1, -0.05) is 0 Å². The van der Waals surface area contributed by atoms with Gasteiger partial charge in [-0.2, -0.15) is 0 Å². The summed E-state index contributed by atoms with van der Waals surface area (Å²) in [5.74, 6) is 0.429. The first kappa shape index (κ1) is 12.1. The van der Waals surface area contributed by atoms with Crippen LogP contribution < -0.4 is 5.32 Å². The smallest absolute Gasteiger partial charge is 0.339 e. The van der Waals surface area contributed by atoms with E-state index in [1.807, 2.05) is 0 Å². The van der Waals surface area contributed by atoms with Gasteiger partial charge in [-0.15, -0.1) is 14.8 Å². The van der Waals surface area contributed by atoms with Gasteiger partial charge in [0, 0.05) is 0 Å². The summed E-state index contributed by atoms with van der Waals surface area (Å²) in [7, 11) is 0. The maximum absolute atomic E-state index is 10.9. The van der Waals surface area contributed by atoms with Crippen molar-refractivity contribution in [2.45, 2.75) is 13.5 Å². The molecule has 0 amide bonds. The minimum Gasteiger partial charge on any atom is -0.478 e. The third-order valence-corrected chi connectivity index (χ3v) is 2.71. The second-order valence-corrected chi connectivity index (χ2v) is 4.09. The van der Waals surface area contributed by atoms with Crippen molar-refractivity contribution in [1.82, 2.24) is 25.3 Å². The van der Waals surface area contributed by atoms with E-state index in [9.17, 15) is 4.79 Å². The van der Waals surface area contributed by atoms with Gasteiger partial charge >= 0.3 is 5.97 Å². The Bertz CT molecular complexity index is 777. The fourth-order valence-corrected chi connectivity index (χ4v) is 1.76. The third-order valence-electron chi connectivity index (χ3n) is 2.71. The van der Waals surface area contributed by atoms with Crippen LogP contribution in [-0.4, -0.2) is 36.3 Å². The molecular formula is C11H10N6O3. The summed E-state index contributed by atoms with van der Waals surface area (Å²) in [6.45, 7) is 1.92. The maximum Gasteiger partial charge on any atom is 0.339 e. The van der Waals surface area contributed by atoms with Crippen LogP contribution in [0.4, 0.5) is 5.82 Å². The van der Waals surface area contributed by atoms with Crippen molar-refractivity contribution in [3.8, 4) is 0 Å². The lowest BCUT2D eigenvalue weighted by molar-refractivity contribution is 0.0695. The zero-order valence-corrected chi connectivity index (χ0v) is 10.4. The zero-order valence-electron chi connectivity index (χ0n) is 10.4. The highest BCUT2D eigenvalue weighted by Gasteiger charge is 2.13. The van der Waals surface area contributed by atoms with Crippen molar-refractivity contribution in [1.29, 1.82) is 0 Å². The molecule has 102 valence electrons. The SMILES string of the molecule is Cc1oc(CNc2ccc3nnnn3n2)cc1C(=O)O. The van der Waals surface area contributed by atoms with Crippen molar-refractivity contribution >= 4 is 17.4 Å². The van der Waals surface area contributed by atoms with Gasteiger partial charge in [-0.05, 0) is 35.5 Å².